The van der Waals surface area contributed by atoms with Crippen molar-refractivity contribution in [3.63, 3.8) is 0 Å². The van der Waals surface area contributed by atoms with Gasteiger partial charge in [0.2, 0.25) is 15.9 Å². The smallest absolute Gasteiger partial charge is 0.341 e. The maximum absolute atomic E-state index is 13.1. The predicted octanol–water partition coefficient (Wildman–Crippen LogP) is 2.56. The number of fused-ring (bicyclic) bond motifs is 1. The Labute approximate surface area is 157 Å². The normalized spacial score (nSPS) is 24.5. The van der Waals surface area contributed by atoms with Gasteiger partial charge in [0.05, 0.1) is 11.7 Å². The molecule has 0 aliphatic carbocycles. The molecule has 150 valence electrons. The summed E-state index contributed by atoms with van der Waals surface area (Å²) in [5.41, 5.74) is 1.69. The summed E-state index contributed by atoms with van der Waals surface area (Å²) < 4.78 is 65.6. The van der Waals surface area contributed by atoms with E-state index in [-0.39, 0.29) is 38.1 Å². The van der Waals surface area contributed by atoms with Crippen LogP contribution in [0.15, 0.2) is 24.3 Å². The van der Waals surface area contributed by atoms with Crippen molar-refractivity contribution in [3.05, 3.63) is 35.4 Å². The van der Waals surface area contributed by atoms with E-state index < -0.39 is 40.6 Å². The fourth-order valence-corrected chi connectivity index (χ4v) is 5.04. The minimum Gasteiger partial charge on any atom is -0.341 e. The second-order valence-corrected chi connectivity index (χ2v) is 9.31. The Bertz CT molecular complexity index is 810. The molecule has 1 fully saturated rings. The number of likely N-dealkylation sites (tertiary alicyclic amines) is 1. The summed E-state index contributed by atoms with van der Waals surface area (Å²) in [6.07, 6.45) is -3.91. The molecule has 1 aromatic carbocycles. The molecule has 1 saturated heterocycles. The van der Waals surface area contributed by atoms with E-state index in [0.29, 0.717) is 0 Å². The van der Waals surface area contributed by atoms with E-state index in [1.807, 2.05) is 18.2 Å². The average Bonchev–Trinajstić information content (AvgIpc) is 2.65. The highest BCUT2D eigenvalue weighted by Crippen LogP contribution is 2.34. The maximum atomic E-state index is 13.1. The topological polar surface area (TPSA) is 57.7 Å². The Kier molecular flexibility index (Phi) is 5.54. The number of piperidine rings is 1. The lowest BCUT2D eigenvalue weighted by Crippen LogP contribution is -2.56. The van der Waals surface area contributed by atoms with Crippen LogP contribution in [0.2, 0.25) is 0 Å². The van der Waals surface area contributed by atoms with Gasteiger partial charge in [-0.1, -0.05) is 24.3 Å². The zero-order valence-electron chi connectivity index (χ0n) is 15.1. The number of carbonyl (C=O) groups is 1. The van der Waals surface area contributed by atoms with Gasteiger partial charge in [-0.15, -0.1) is 0 Å². The summed E-state index contributed by atoms with van der Waals surface area (Å²) >= 11 is 0. The monoisotopic (exact) mass is 404 g/mol. The predicted molar refractivity (Wildman–Crippen MR) is 94.3 cm³/mol. The number of hydrogen-bond donors (Lipinski definition) is 0. The van der Waals surface area contributed by atoms with Crippen LogP contribution in [0.4, 0.5) is 13.2 Å². The molecule has 5 nitrogen and oxygen atoms in total. The SMILES string of the molecule is CCS(=O)(=O)N1Cc2ccccc2CC1C(=O)N1CCCC(C(F)(F)F)C1. The van der Waals surface area contributed by atoms with E-state index in [9.17, 15) is 26.4 Å². The van der Waals surface area contributed by atoms with Crippen molar-refractivity contribution < 1.29 is 26.4 Å². The molecule has 2 unspecified atom stereocenters. The fraction of sp³-hybridized carbons (Fsp3) is 0.611. The first-order valence-electron chi connectivity index (χ1n) is 9.05. The third-order valence-electron chi connectivity index (χ3n) is 5.41. The van der Waals surface area contributed by atoms with Gasteiger partial charge in [0.25, 0.3) is 0 Å². The molecule has 1 aromatic rings. The van der Waals surface area contributed by atoms with E-state index in [4.69, 9.17) is 0 Å². The lowest BCUT2D eigenvalue weighted by molar-refractivity contribution is -0.188. The molecular weight excluding hydrogens is 381 g/mol. The second-order valence-electron chi connectivity index (χ2n) is 7.10. The molecule has 9 heteroatoms. The van der Waals surface area contributed by atoms with Crippen LogP contribution in [0.1, 0.15) is 30.9 Å². The number of alkyl halides is 3. The number of sulfonamides is 1. The molecule has 3 rings (SSSR count). The Balaban J connectivity index is 1.89. The first kappa shape index (κ1) is 20.1. The van der Waals surface area contributed by atoms with Crippen LogP contribution in [0.3, 0.4) is 0 Å². The van der Waals surface area contributed by atoms with Crippen molar-refractivity contribution >= 4 is 15.9 Å². The summed E-state index contributed by atoms with van der Waals surface area (Å²) in [7, 11) is -3.68. The van der Waals surface area contributed by atoms with E-state index in [1.54, 1.807) is 6.07 Å². The van der Waals surface area contributed by atoms with Gasteiger partial charge < -0.3 is 4.90 Å². The molecule has 2 aliphatic heterocycles. The number of nitrogens with zero attached hydrogens (tertiary/aromatic N) is 2. The van der Waals surface area contributed by atoms with Crippen molar-refractivity contribution in [2.24, 2.45) is 5.92 Å². The zero-order chi connectivity index (χ0) is 19.8. The minimum absolute atomic E-state index is 0.00223. The highest BCUT2D eigenvalue weighted by molar-refractivity contribution is 7.89. The lowest BCUT2D eigenvalue weighted by atomic mass is 9.93. The quantitative estimate of drug-likeness (QED) is 0.778. The lowest BCUT2D eigenvalue weighted by Gasteiger charge is -2.40. The van der Waals surface area contributed by atoms with Crippen LogP contribution in [-0.2, 0) is 27.8 Å². The van der Waals surface area contributed by atoms with Crippen molar-refractivity contribution in [3.8, 4) is 0 Å². The van der Waals surface area contributed by atoms with Crippen molar-refractivity contribution in [2.75, 3.05) is 18.8 Å². The van der Waals surface area contributed by atoms with Gasteiger partial charge in [0.1, 0.15) is 6.04 Å². The molecule has 0 bridgehead atoms. The van der Waals surface area contributed by atoms with E-state index in [0.717, 1.165) is 15.4 Å². The van der Waals surface area contributed by atoms with Crippen LogP contribution < -0.4 is 0 Å². The van der Waals surface area contributed by atoms with Crippen LogP contribution >= 0.6 is 0 Å². The molecule has 0 aromatic heterocycles. The molecule has 1 amide bonds. The van der Waals surface area contributed by atoms with E-state index >= 15 is 0 Å². The molecule has 0 N–H and O–H groups in total. The number of amides is 1. The van der Waals surface area contributed by atoms with Crippen LogP contribution in [0.25, 0.3) is 0 Å². The van der Waals surface area contributed by atoms with Gasteiger partial charge in [0.15, 0.2) is 0 Å². The van der Waals surface area contributed by atoms with Crippen LogP contribution in [-0.4, -0.2) is 54.6 Å². The standard InChI is InChI=1S/C18H23F3N2O3S/c1-2-27(25,26)23-11-14-7-4-3-6-13(14)10-16(23)17(24)22-9-5-8-15(12-22)18(19,20)21/h3-4,6-7,15-16H,2,5,8-12H2,1H3. The molecule has 0 saturated carbocycles. The number of halogens is 3. The van der Waals surface area contributed by atoms with Crippen LogP contribution in [0, 0.1) is 5.92 Å². The third kappa shape index (κ3) is 4.13. The molecular formula is C18H23F3N2O3S. The van der Waals surface area contributed by atoms with Crippen molar-refractivity contribution in [1.29, 1.82) is 0 Å². The Morgan fingerprint density at radius 2 is 1.89 bits per heavy atom. The summed E-state index contributed by atoms with van der Waals surface area (Å²) in [6, 6.07) is 6.27. The van der Waals surface area contributed by atoms with Gasteiger partial charge in [-0.3, -0.25) is 4.79 Å². The number of benzene rings is 1. The first-order valence-corrected chi connectivity index (χ1v) is 10.7. The van der Waals surface area contributed by atoms with Gasteiger partial charge in [-0.05, 0) is 37.3 Å². The van der Waals surface area contributed by atoms with Gasteiger partial charge in [0, 0.05) is 19.6 Å². The summed E-state index contributed by atoms with van der Waals surface area (Å²) in [5, 5.41) is 0. The Morgan fingerprint density at radius 1 is 1.22 bits per heavy atom. The highest BCUT2D eigenvalue weighted by Gasteiger charge is 2.45. The Morgan fingerprint density at radius 3 is 2.52 bits per heavy atom. The Hall–Kier alpha value is -1.61. The average molecular weight is 404 g/mol. The zero-order valence-corrected chi connectivity index (χ0v) is 15.9. The number of carbonyl (C=O) groups excluding carboxylic acids is 1. The largest absolute Gasteiger partial charge is 0.393 e. The number of hydrogen-bond acceptors (Lipinski definition) is 3. The van der Waals surface area contributed by atoms with Gasteiger partial charge >= 0.3 is 6.18 Å². The molecule has 2 aliphatic rings. The molecule has 2 atom stereocenters. The van der Waals surface area contributed by atoms with Gasteiger partial charge in [-0.2, -0.15) is 17.5 Å². The summed E-state index contributed by atoms with van der Waals surface area (Å²) in [5.74, 6) is -2.25. The first-order chi connectivity index (χ1) is 12.6. The van der Waals surface area contributed by atoms with Gasteiger partial charge in [-0.25, -0.2) is 8.42 Å². The second kappa shape index (κ2) is 7.43. The summed E-state index contributed by atoms with van der Waals surface area (Å²) in [6.45, 7) is 1.39. The van der Waals surface area contributed by atoms with Crippen molar-refractivity contribution in [1.82, 2.24) is 9.21 Å². The molecule has 0 radical (unpaired) electrons. The number of rotatable bonds is 3. The summed E-state index contributed by atoms with van der Waals surface area (Å²) in [4.78, 5) is 14.3. The third-order valence-corrected chi connectivity index (χ3v) is 7.24. The molecule has 0 spiro atoms. The molecule has 27 heavy (non-hydrogen) atoms. The van der Waals surface area contributed by atoms with E-state index in [1.165, 1.54) is 11.8 Å². The minimum atomic E-state index is -4.35. The van der Waals surface area contributed by atoms with E-state index in [2.05, 4.69) is 0 Å². The fourth-order valence-electron chi connectivity index (χ4n) is 3.82. The highest BCUT2D eigenvalue weighted by atomic mass is 32.2. The van der Waals surface area contributed by atoms with Crippen LogP contribution in [0.5, 0.6) is 0 Å². The molecule has 2 heterocycles. The maximum Gasteiger partial charge on any atom is 0.393 e. The van der Waals surface area contributed by atoms with Crippen molar-refractivity contribution in [2.45, 2.75) is 44.9 Å².